The predicted molar refractivity (Wildman–Crippen MR) is 83.2 cm³/mol. The van der Waals surface area contributed by atoms with Crippen LogP contribution in [0.2, 0.25) is 0 Å². The van der Waals surface area contributed by atoms with Crippen LogP contribution < -0.4 is 15.7 Å². The van der Waals surface area contributed by atoms with Gasteiger partial charge in [-0.3, -0.25) is 9.59 Å². The van der Waals surface area contributed by atoms with Crippen LogP contribution in [0.3, 0.4) is 0 Å². The molecule has 2 rings (SSSR count). The van der Waals surface area contributed by atoms with E-state index in [1.54, 1.807) is 30.3 Å². The zero-order valence-electron chi connectivity index (χ0n) is 12.7. The van der Waals surface area contributed by atoms with Gasteiger partial charge in [0.05, 0.1) is 6.26 Å². The molecular formula is C17H15N2O5-. The van der Waals surface area contributed by atoms with Gasteiger partial charge in [0.25, 0.3) is 11.8 Å². The molecule has 0 aliphatic carbocycles. The molecule has 0 saturated heterocycles. The molecule has 1 heterocycles. The van der Waals surface area contributed by atoms with Gasteiger partial charge in [0.1, 0.15) is 5.70 Å². The summed E-state index contributed by atoms with van der Waals surface area (Å²) in [6.45, 7) is -0.107. The summed E-state index contributed by atoms with van der Waals surface area (Å²) in [6.07, 6.45) is 2.50. The number of amides is 2. The Hall–Kier alpha value is -3.35. The first-order chi connectivity index (χ1) is 11.6. The van der Waals surface area contributed by atoms with E-state index < -0.39 is 17.8 Å². The van der Waals surface area contributed by atoms with Crippen LogP contribution in [0.1, 0.15) is 22.5 Å². The van der Waals surface area contributed by atoms with Crippen LogP contribution in [0.25, 0.3) is 6.08 Å². The SMILES string of the molecule is O=C([O-])CCNC(=O)/C(=C\c1ccccc1)NC(=O)c1ccco1. The molecule has 124 valence electrons. The molecule has 0 radical (unpaired) electrons. The van der Waals surface area contributed by atoms with E-state index in [1.807, 2.05) is 6.07 Å². The molecule has 0 saturated carbocycles. The fraction of sp³-hybridized carbons (Fsp3) is 0.118. The highest BCUT2D eigenvalue weighted by Gasteiger charge is 2.15. The lowest BCUT2D eigenvalue weighted by atomic mass is 10.2. The molecule has 0 unspecified atom stereocenters. The molecule has 2 N–H and O–H groups in total. The van der Waals surface area contributed by atoms with Crippen LogP contribution in [0, 0.1) is 0 Å². The Morgan fingerprint density at radius 3 is 2.46 bits per heavy atom. The minimum Gasteiger partial charge on any atom is -0.550 e. The average molecular weight is 327 g/mol. The van der Waals surface area contributed by atoms with Gasteiger partial charge in [-0.25, -0.2) is 0 Å². The van der Waals surface area contributed by atoms with Gasteiger partial charge in [-0.15, -0.1) is 0 Å². The number of furan rings is 1. The third kappa shape index (κ3) is 5.13. The maximum atomic E-state index is 12.2. The van der Waals surface area contributed by atoms with Crippen molar-refractivity contribution in [3.63, 3.8) is 0 Å². The zero-order chi connectivity index (χ0) is 17.4. The Labute approximate surface area is 138 Å². The van der Waals surface area contributed by atoms with Crippen LogP contribution in [0.15, 0.2) is 58.8 Å². The molecule has 0 aliphatic heterocycles. The van der Waals surface area contributed by atoms with E-state index in [2.05, 4.69) is 10.6 Å². The van der Waals surface area contributed by atoms with E-state index in [0.29, 0.717) is 5.56 Å². The molecule has 0 bridgehead atoms. The predicted octanol–water partition coefficient (Wildman–Crippen LogP) is 0.307. The topological polar surface area (TPSA) is 111 Å². The molecule has 2 amide bonds. The first-order valence-electron chi connectivity index (χ1n) is 7.16. The highest BCUT2D eigenvalue weighted by molar-refractivity contribution is 6.04. The molecule has 0 fully saturated rings. The van der Waals surface area contributed by atoms with E-state index in [0.717, 1.165) is 0 Å². The summed E-state index contributed by atoms with van der Waals surface area (Å²) in [4.78, 5) is 34.7. The van der Waals surface area contributed by atoms with Crippen LogP contribution in [-0.4, -0.2) is 24.3 Å². The summed E-state index contributed by atoms with van der Waals surface area (Å²) in [6, 6.07) is 11.9. The Bertz CT molecular complexity index is 736. The average Bonchev–Trinajstić information content (AvgIpc) is 3.09. The molecule has 0 spiro atoms. The number of rotatable bonds is 7. The van der Waals surface area contributed by atoms with E-state index in [1.165, 1.54) is 18.4 Å². The number of hydrogen-bond donors (Lipinski definition) is 2. The second kappa shape index (κ2) is 8.33. The molecule has 7 nitrogen and oxygen atoms in total. The van der Waals surface area contributed by atoms with Crippen molar-refractivity contribution in [3.8, 4) is 0 Å². The highest BCUT2D eigenvalue weighted by Crippen LogP contribution is 2.07. The second-order valence-corrected chi connectivity index (χ2v) is 4.78. The number of carbonyl (C=O) groups is 3. The Morgan fingerprint density at radius 1 is 1.08 bits per heavy atom. The Morgan fingerprint density at radius 2 is 1.83 bits per heavy atom. The van der Waals surface area contributed by atoms with Gasteiger partial charge < -0.3 is 25.0 Å². The van der Waals surface area contributed by atoms with Crippen molar-refractivity contribution in [3.05, 3.63) is 65.7 Å². The fourth-order valence-electron chi connectivity index (χ4n) is 1.84. The Kier molecular flexibility index (Phi) is 5.90. The lowest BCUT2D eigenvalue weighted by Crippen LogP contribution is -2.37. The van der Waals surface area contributed by atoms with E-state index in [4.69, 9.17) is 4.42 Å². The van der Waals surface area contributed by atoms with Crippen molar-refractivity contribution in [2.75, 3.05) is 6.54 Å². The number of aliphatic carboxylic acids is 1. The lowest BCUT2D eigenvalue weighted by Gasteiger charge is -2.10. The van der Waals surface area contributed by atoms with Gasteiger partial charge in [-0.05, 0) is 23.8 Å². The normalized spacial score (nSPS) is 10.9. The van der Waals surface area contributed by atoms with Crippen molar-refractivity contribution in [2.45, 2.75) is 6.42 Å². The second-order valence-electron chi connectivity index (χ2n) is 4.78. The third-order valence-electron chi connectivity index (χ3n) is 2.96. The number of carboxylic acids is 1. The maximum Gasteiger partial charge on any atom is 0.291 e. The lowest BCUT2D eigenvalue weighted by molar-refractivity contribution is -0.305. The molecule has 0 aliphatic rings. The quantitative estimate of drug-likeness (QED) is 0.711. The highest BCUT2D eigenvalue weighted by atomic mass is 16.4. The van der Waals surface area contributed by atoms with Crippen molar-refractivity contribution < 1.29 is 23.9 Å². The van der Waals surface area contributed by atoms with Crippen LogP contribution in [0.5, 0.6) is 0 Å². The minimum absolute atomic E-state index is 0.0269. The zero-order valence-corrected chi connectivity index (χ0v) is 12.7. The van der Waals surface area contributed by atoms with Crippen molar-refractivity contribution >= 4 is 23.9 Å². The summed E-state index contributed by atoms with van der Waals surface area (Å²) in [5.41, 5.74) is 0.670. The summed E-state index contributed by atoms with van der Waals surface area (Å²) < 4.78 is 4.98. The van der Waals surface area contributed by atoms with Gasteiger partial charge >= 0.3 is 0 Å². The third-order valence-corrected chi connectivity index (χ3v) is 2.96. The molecule has 1 aromatic carbocycles. The van der Waals surface area contributed by atoms with E-state index in [-0.39, 0.29) is 24.4 Å². The minimum atomic E-state index is -1.27. The number of hydrogen-bond acceptors (Lipinski definition) is 5. The first-order valence-corrected chi connectivity index (χ1v) is 7.16. The van der Waals surface area contributed by atoms with Gasteiger partial charge in [0.15, 0.2) is 5.76 Å². The van der Waals surface area contributed by atoms with Gasteiger partial charge in [-0.2, -0.15) is 0 Å². The molecule has 7 heteroatoms. The Balaban J connectivity index is 2.14. The largest absolute Gasteiger partial charge is 0.550 e. The number of carbonyl (C=O) groups excluding carboxylic acids is 3. The number of nitrogens with one attached hydrogen (secondary N) is 2. The van der Waals surface area contributed by atoms with Crippen LogP contribution in [0.4, 0.5) is 0 Å². The summed E-state index contributed by atoms with van der Waals surface area (Å²) in [5.74, 6) is -2.42. The van der Waals surface area contributed by atoms with Gasteiger partial charge in [0.2, 0.25) is 0 Å². The van der Waals surface area contributed by atoms with E-state index in [9.17, 15) is 19.5 Å². The van der Waals surface area contributed by atoms with Gasteiger partial charge in [0, 0.05) is 18.9 Å². The maximum absolute atomic E-state index is 12.2. The molecule has 2 aromatic rings. The molecular weight excluding hydrogens is 312 g/mol. The summed E-state index contributed by atoms with van der Waals surface area (Å²) in [5, 5.41) is 15.3. The fourth-order valence-corrected chi connectivity index (χ4v) is 1.84. The standard InChI is InChI=1S/C17H16N2O5/c20-15(21)8-9-18-16(22)13(11-12-5-2-1-3-6-12)19-17(23)14-7-4-10-24-14/h1-7,10-11H,8-9H2,(H,18,22)(H,19,23)(H,20,21)/p-1/b13-11+. The molecule has 1 aromatic heterocycles. The molecule has 24 heavy (non-hydrogen) atoms. The van der Waals surface area contributed by atoms with Crippen LogP contribution >= 0.6 is 0 Å². The van der Waals surface area contributed by atoms with Crippen molar-refractivity contribution in [1.82, 2.24) is 10.6 Å². The monoisotopic (exact) mass is 327 g/mol. The number of carboxylic acid groups (broad SMARTS) is 1. The number of benzene rings is 1. The molecule has 0 atom stereocenters. The summed E-state index contributed by atoms with van der Waals surface area (Å²) in [7, 11) is 0. The van der Waals surface area contributed by atoms with Crippen molar-refractivity contribution in [2.24, 2.45) is 0 Å². The van der Waals surface area contributed by atoms with Crippen molar-refractivity contribution in [1.29, 1.82) is 0 Å². The van der Waals surface area contributed by atoms with Gasteiger partial charge in [-0.1, -0.05) is 30.3 Å². The summed E-state index contributed by atoms with van der Waals surface area (Å²) >= 11 is 0. The first kappa shape index (κ1) is 17.0. The van der Waals surface area contributed by atoms with E-state index >= 15 is 0 Å². The van der Waals surface area contributed by atoms with Crippen LogP contribution in [-0.2, 0) is 9.59 Å². The smallest absolute Gasteiger partial charge is 0.291 e.